The number of rotatable bonds is 5. The molecule has 0 fully saturated rings. The lowest BCUT2D eigenvalue weighted by atomic mass is 10.1. The van der Waals surface area contributed by atoms with E-state index >= 15 is 0 Å². The topological polar surface area (TPSA) is 90.4 Å². The third kappa shape index (κ3) is 3.35. The summed E-state index contributed by atoms with van der Waals surface area (Å²) in [6, 6.07) is 1.45. The van der Waals surface area contributed by atoms with Crippen LogP contribution in [-0.2, 0) is 16.5 Å². The zero-order chi connectivity index (χ0) is 18.0. The van der Waals surface area contributed by atoms with Crippen LogP contribution >= 0.6 is 11.6 Å². The van der Waals surface area contributed by atoms with E-state index in [2.05, 4.69) is 4.98 Å². The molecule has 24 heavy (non-hydrogen) atoms. The molecule has 0 saturated carbocycles. The van der Waals surface area contributed by atoms with Crippen LogP contribution in [0.5, 0.6) is 0 Å². The van der Waals surface area contributed by atoms with Crippen molar-refractivity contribution >= 4 is 29.3 Å². The summed E-state index contributed by atoms with van der Waals surface area (Å²) in [6.07, 6.45) is 1.56. The smallest absolute Gasteiger partial charge is 0.355 e. The van der Waals surface area contributed by atoms with Crippen LogP contribution in [-0.4, -0.2) is 41.0 Å². The van der Waals surface area contributed by atoms with Crippen LogP contribution in [0.4, 0.5) is 0 Å². The molecule has 2 heterocycles. The van der Waals surface area contributed by atoms with Crippen molar-refractivity contribution in [2.75, 3.05) is 13.7 Å². The van der Waals surface area contributed by atoms with E-state index in [1.807, 2.05) is 0 Å². The fourth-order valence-electron chi connectivity index (χ4n) is 2.44. The molecule has 0 unspecified atom stereocenters. The number of nitrogens with zero attached hydrogens (tertiary/aromatic N) is 1. The van der Waals surface area contributed by atoms with Crippen molar-refractivity contribution in [3.63, 3.8) is 0 Å². The van der Waals surface area contributed by atoms with Crippen molar-refractivity contribution in [1.29, 1.82) is 0 Å². The van der Waals surface area contributed by atoms with E-state index in [1.54, 1.807) is 27.1 Å². The van der Waals surface area contributed by atoms with Gasteiger partial charge in [0.1, 0.15) is 5.69 Å². The average molecular weight is 353 g/mol. The molecule has 2 rings (SSSR count). The van der Waals surface area contributed by atoms with E-state index in [-0.39, 0.29) is 11.4 Å². The minimum Gasteiger partial charge on any atom is -0.465 e. The highest BCUT2D eigenvalue weighted by atomic mass is 35.5. The van der Waals surface area contributed by atoms with Gasteiger partial charge in [0.05, 0.1) is 23.4 Å². The van der Waals surface area contributed by atoms with Crippen LogP contribution in [0.1, 0.15) is 42.6 Å². The zero-order valence-corrected chi connectivity index (χ0v) is 14.5. The van der Waals surface area contributed by atoms with Gasteiger partial charge in [-0.15, -0.1) is 0 Å². The summed E-state index contributed by atoms with van der Waals surface area (Å²) in [7, 11) is 2.91. The van der Waals surface area contributed by atoms with Gasteiger partial charge in [-0.2, -0.15) is 0 Å². The number of nitrogens with one attached hydrogen (secondary N) is 1. The molecule has 0 amide bonds. The van der Waals surface area contributed by atoms with Gasteiger partial charge in [0.25, 0.3) is 0 Å². The van der Waals surface area contributed by atoms with Crippen LogP contribution in [0.15, 0.2) is 12.3 Å². The van der Waals surface area contributed by atoms with E-state index in [1.165, 1.54) is 17.7 Å². The number of methoxy groups -OCH3 is 1. The molecule has 2 aromatic rings. The van der Waals surface area contributed by atoms with Crippen LogP contribution in [0.3, 0.4) is 0 Å². The highest BCUT2D eigenvalue weighted by Gasteiger charge is 2.23. The lowest BCUT2D eigenvalue weighted by Crippen LogP contribution is -2.17. The predicted octanol–water partition coefficient (Wildman–Crippen LogP) is 2.45. The fraction of sp³-hybridized carbons (Fsp3) is 0.312. The Labute approximate surface area is 143 Å². The molecule has 0 spiro atoms. The molecular weight excluding hydrogens is 336 g/mol. The first-order valence-electron chi connectivity index (χ1n) is 7.06. The zero-order valence-electron chi connectivity index (χ0n) is 13.7. The molecule has 7 nitrogen and oxygen atoms in total. The molecule has 0 saturated heterocycles. The van der Waals surface area contributed by atoms with E-state index < -0.39 is 24.3 Å². The van der Waals surface area contributed by atoms with Crippen molar-refractivity contribution in [3.05, 3.63) is 45.5 Å². The van der Waals surface area contributed by atoms with Crippen LogP contribution in [0.2, 0.25) is 5.02 Å². The van der Waals surface area contributed by atoms with Gasteiger partial charge in [-0.25, -0.2) is 9.59 Å². The van der Waals surface area contributed by atoms with Crippen molar-refractivity contribution in [1.82, 2.24) is 9.55 Å². The Hall–Kier alpha value is -2.54. The van der Waals surface area contributed by atoms with Crippen molar-refractivity contribution in [2.24, 2.45) is 7.05 Å². The number of ketones is 1. The standard InChI is InChI=1S/C16H17ClN2O5/c1-8-13(16(22)23-4)9(2)18-14(8)12(20)7-24-15(21)11-5-10(17)6-19(11)3/h5-6,18H,7H2,1-4H3. The monoisotopic (exact) mass is 352 g/mol. The number of halogens is 1. The minimum absolute atomic E-state index is 0.214. The number of carbonyl (C=O) groups is 3. The van der Waals surface area contributed by atoms with Crippen LogP contribution in [0, 0.1) is 13.8 Å². The molecule has 0 aliphatic carbocycles. The van der Waals surface area contributed by atoms with E-state index in [9.17, 15) is 14.4 Å². The normalized spacial score (nSPS) is 10.5. The maximum atomic E-state index is 12.3. The Morgan fingerprint density at radius 2 is 1.92 bits per heavy atom. The first-order chi connectivity index (χ1) is 11.3. The second-order valence-electron chi connectivity index (χ2n) is 5.27. The number of H-pyrrole nitrogens is 1. The number of aromatic amines is 1. The van der Waals surface area contributed by atoms with Gasteiger partial charge in [-0.1, -0.05) is 11.6 Å². The second kappa shape index (κ2) is 6.92. The lowest BCUT2D eigenvalue weighted by molar-refractivity contribution is 0.0463. The molecular formula is C16H17ClN2O5. The van der Waals surface area contributed by atoms with Gasteiger partial charge in [0.15, 0.2) is 6.61 Å². The number of hydrogen-bond donors (Lipinski definition) is 1. The van der Waals surface area contributed by atoms with Crippen molar-refractivity contribution < 1.29 is 23.9 Å². The minimum atomic E-state index is -0.660. The summed E-state index contributed by atoms with van der Waals surface area (Å²) < 4.78 is 11.2. The second-order valence-corrected chi connectivity index (χ2v) is 5.71. The van der Waals surface area contributed by atoms with Crippen molar-refractivity contribution in [3.8, 4) is 0 Å². The molecule has 1 N–H and O–H groups in total. The number of carbonyl (C=O) groups excluding carboxylic acids is 3. The lowest BCUT2D eigenvalue weighted by Gasteiger charge is -2.05. The molecule has 0 aliphatic heterocycles. The van der Waals surface area contributed by atoms with Gasteiger partial charge >= 0.3 is 11.9 Å². The Balaban J connectivity index is 2.12. The summed E-state index contributed by atoms with van der Waals surface area (Å²) in [6.45, 7) is 2.83. The molecule has 8 heteroatoms. The first-order valence-corrected chi connectivity index (χ1v) is 7.43. The van der Waals surface area contributed by atoms with Crippen LogP contribution < -0.4 is 0 Å². The molecule has 0 radical (unpaired) electrons. The molecule has 128 valence electrons. The summed E-state index contributed by atoms with van der Waals surface area (Å²) >= 11 is 5.81. The quantitative estimate of drug-likeness (QED) is 0.659. The van der Waals surface area contributed by atoms with Gasteiger partial charge in [0, 0.05) is 18.9 Å². The molecule has 0 aliphatic rings. The maximum absolute atomic E-state index is 12.3. The van der Waals surface area contributed by atoms with E-state index in [0.717, 1.165) is 0 Å². The largest absolute Gasteiger partial charge is 0.465 e. The Bertz CT molecular complexity index is 819. The molecule has 0 aromatic carbocycles. The Morgan fingerprint density at radius 3 is 2.46 bits per heavy atom. The number of Topliss-reactive ketones (excluding diaryl/α,β-unsaturated/α-hetero) is 1. The fourth-order valence-corrected chi connectivity index (χ4v) is 2.69. The highest BCUT2D eigenvalue weighted by molar-refractivity contribution is 6.31. The number of aryl methyl sites for hydroxylation is 2. The molecule has 2 aromatic heterocycles. The summed E-state index contributed by atoms with van der Waals surface area (Å²) in [5, 5.41) is 0.398. The number of aromatic nitrogens is 2. The predicted molar refractivity (Wildman–Crippen MR) is 86.6 cm³/mol. The van der Waals surface area contributed by atoms with Gasteiger partial charge < -0.3 is 19.0 Å². The highest BCUT2D eigenvalue weighted by Crippen LogP contribution is 2.20. The SMILES string of the molecule is COC(=O)c1c(C)[nH]c(C(=O)COC(=O)c2cc(Cl)cn2C)c1C. The van der Waals surface area contributed by atoms with Gasteiger partial charge in [-0.05, 0) is 25.5 Å². The van der Waals surface area contributed by atoms with E-state index in [4.69, 9.17) is 21.1 Å². The maximum Gasteiger partial charge on any atom is 0.355 e. The number of esters is 2. The molecule has 0 atom stereocenters. The summed E-state index contributed by atoms with van der Waals surface area (Å²) in [5.74, 6) is -1.64. The number of hydrogen-bond acceptors (Lipinski definition) is 5. The molecule has 0 bridgehead atoms. The van der Waals surface area contributed by atoms with Crippen LogP contribution in [0.25, 0.3) is 0 Å². The summed E-state index contributed by atoms with van der Waals surface area (Å²) in [5.41, 5.74) is 1.74. The van der Waals surface area contributed by atoms with Gasteiger partial charge in [-0.3, -0.25) is 4.79 Å². The number of ether oxygens (including phenoxy) is 2. The third-order valence-corrected chi connectivity index (χ3v) is 3.83. The average Bonchev–Trinajstić information content (AvgIpc) is 3.02. The van der Waals surface area contributed by atoms with Crippen molar-refractivity contribution in [2.45, 2.75) is 13.8 Å². The first kappa shape index (κ1) is 17.8. The Kier molecular flexibility index (Phi) is 5.14. The Morgan fingerprint density at radius 1 is 1.25 bits per heavy atom. The summed E-state index contributed by atoms with van der Waals surface area (Å²) in [4.78, 5) is 38.8. The third-order valence-electron chi connectivity index (χ3n) is 3.62. The van der Waals surface area contributed by atoms with E-state index in [0.29, 0.717) is 21.8 Å². The van der Waals surface area contributed by atoms with Gasteiger partial charge in [0.2, 0.25) is 5.78 Å².